The maximum absolute atomic E-state index is 12.5. The Balaban J connectivity index is 2.24. The summed E-state index contributed by atoms with van der Waals surface area (Å²) in [5, 5.41) is 0. The van der Waals surface area contributed by atoms with Crippen LogP contribution in [0.5, 0.6) is 5.75 Å². The minimum atomic E-state index is -3.87. The fraction of sp³-hybridized carbons (Fsp3) is 0.200. The maximum Gasteiger partial charge on any atom is 0.288 e. The highest BCUT2D eigenvalue weighted by atomic mass is 32.2. The van der Waals surface area contributed by atoms with Gasteiger partial charge in [-0.1, -0.05) is 23.9 Å². The summed E-state index contributed by atoms with van der Waals surface area (Å²) in [6, 6.07) is 11.9. The average Bonchev–Trinajstić information content (AvgIpc) is 2.49. The number of hydrogen-bond donors (Lipinski definition) is 1. The van der Waals surface area contributed by atoms with Crippen molar-refractivity contribution in [3.05, 3.63) is 48.5 Å². The molecular weight excluding hydrogens is 344 g/mol. The van der Waals surface area contributed by atoms with Gasteiger partial charge in [0.2, 0.25) is 0 Å². The molecule has 2 aromatic carbocycles. The number of rotatable bonds is 7. The second-order valence-electron chi connectivity index (χ2n) is 4.38. The van der Waals surface area contributed by atoms with Crippen LogP contribution < -0.4 is 9.46 Å². The molecule has 4 nitrogen and oxygen atoms in total. The number of nitrogens with one attached hydrogen (secondary N) is 1. The van der Waals surface area contributed by atoms with E-state index in [0.29, 0.717) is 12.4 Å². The van der Waals surface area contributed by atoms with Crippen molar-refractivity contribution in [1.82, 2.24) is 0 Å². The summed E-state index contributed by atoms with van der Waals surface area (Å²) < 4.78 is 57.4. The zero-order valence-corrected chi connectivity index (χ0v) is 13.8. The van der Waals surface area contributed by atoms with E-state index in [4.69, 9.17) is 4.74 Å². The fourth-order valence-corrected chi connectivity index (χ4v) is 3.57. The number of ether oxygens (including phenoxy) is 1. The molecule has 1 N–H and O–H groups in total. The molecule has 0 aliphatic heterocycles. The van der Waals surface area contributed by atoms with Crippen LogP contribution >= 0.6 is 11.8 Å². The smallest absolute Gasteiger partial charge is 0.288 e. The molecule has 0 aliphatic carbocycles. The topological polar surface area (TPSA) is 55.4 Å². The molecule has 2 rings (SSSR count). The minimum absolute atomic E-state index is 0.0257. The summed E-state index contributed by atoms with van der Waals surface area (Å²) in [5.41, 5.74) is 0.117. The van der Waals surface area contributed by atoms with E-state index in [2.05, 4.69) is 4.72 Å². The summed E-state index contributed by atoms with van der Waals surface area (Å²) >= 11 is 0.290. The van der Waals surface area contributed by atoms with Gasteiger partial charge in [-0.25, -0.2) is 8.42 Å². The van der Waals surface area contributed by atoms with Gasteiger partial charge < -0.3 is 4.74 Å². The Labute approximate surface area is 137 Å². The molecule has 0 spiro atoms. The number of benzene rings is 2. The van der Waals surface area contributed by atoms with Crippen molar-refractivity contribution in [2.24, 2.45) is 0 Å². The first kappa shape index (κ1) is 17.6. The quantitative estimate of drug-likeness (QED) is 0.753. The first-order valence-electron chi connectivity index (χ1n) is 6.72. The van der Waals surface area contributed by atoms with Crippen molar-refractivity contribution in [3.8, 4) is 5.75 Å². The van der Waals surface area contributed by atoms with Gasteiger partial charge in [0, 0.05) is 4.90 Å². The third-order valence-electron chi connectivity index (χ3n) is 2.79. The molecule has 0 aromatic heterocycles. The summed E-state index contributed by atoms with van der Waals surface area (Å²) in [5.74, 6) is -2.08. The molecule has 8 heteroatoms. The Morgan fingerprint density at radius 2 is 1.78 bits per heavy atom. The molecule has 0 saturated heterocycles. The lowest BCUT2D eigenvalue weighted by atomic mass is 10.3. The van der Waals surface area contributed by atoms with E-state index < -0.39 is 15.8 Å². The molecule has 124 valence electrons. The van der Waals surface area contributed by atoms with Crippen LogP contribution in [0.25, 0.3) is 0 Å². The van der Waals surface area contributed by atoms with Crippen LogP contribution in [0.4, 0.5) is 14.5 Å². The standard InChI is InChI=1S/C15H15F2NO3S2/c1-2-21-11-7-9-12(10-8-11)23(19,20)18-13-5-3-4-6-14(13)22-15(16)17/h3-10,15,18H,2H2,1H3. The Bertz CT molecular complexity index is 750. The highest BCUT2D eigenvalue weighted by molar-refractivity contribution is 7.99. The van der Waals surface area contributed by atoms with Gasteiger partial charge in [-0.2, -0.15) is 8.78 Å². The van der Waals surface area contributed by atoms with Gasteiger partial charge in [0.1, 0.15) is 5.75 Å². The molecule has 0 saturated carbocycles. The molecule has 0 amide bonds. The van der Waals surface area contributed by atoms with Gasteiger partial charge in [-0.15, -0.1) is 0 Å². The number of hydrogen-bond acceptors (Lipinski definition) is 4. The number of halogens is 2. The van der Waals surface area contributed by atoms with Crippen LogP contribution in [0, 0.1) is 0 Å². The first-order chi connectivity index (χ1) is 10.9. The number of anilines is 1. The lowest BCUT2D eigenvalue weighted by Crippen LogP contribution is -2.13. The Morgan fingerprint density at radius 3 is 2.39 bits per heavy atom. The first-order valence-corrected chi connectivity index (χ1v) is 9.08. The lowest BCUT2D eigenvalue weighted by Gasteiger charge is -2.12. The van der Waals surface area contributed by atoms with Crippen molar-refractivity contribution >= 4 is 27.5 Å². The molecule has 23 heavy (non-hydrogen) atoms. The van der Waals surface area contributed by atoms with Gasteiger partial charge in [0.25, 0.3) is 15.8 Å². The Morgan fingerprint density at radius 1 is 1.13 bits per heavy atom. The predicted molar refractivity (Wildman–Crippen MR) is 86.7 cm³/mol. The molecule has 0 fully saturated rings. The summed E-state index contributed by atoms with van der Waals surface area (Å²) in [7, 11) is -3.87. The molecule has 2 aromatic rings. The van der Waals surface area contributed by atoms with Crippen molar-refractivity contribution in [3.63, 3.8) is 0 Å². The van der Waals surface area contributed by atoms with Crippen molar-refractivity contribution < 1.29 is 21.9 Å². The molecule has 0 aliphatic rings. The third kappa shape index (κ3) is 4.84. The Kier molecular flexibility index (Phi) is 5.84. The largest absolute Gasteiger partial charge is 0.494 e. The highest BCUT2D eigenvalue weighted by Gasteiger charge is 2.17. The zero-order valence-electron chi connectivity index (χ0n) is 12.2. The minimum Gasteiger partial charge on any atom is -0.494 e. The monoisotopic (exact) mass is 359 g/mol. The zero-order chi connectivity index (χ0) is 16.9. The van der Waals surface area contributed by atoms with Crippen LogP contribution in [0.3, 0.4) is 0 Å². The van der Waals surface area contributed by atoms with Gasteiger partial charge in [0.05, 0.1) is 17.2 Å². The van der Waals surface area contributed by atoms with Crippen LogP contribution in [-0.4, -0.2) is 20.8 Å². The van der Waals surface area contributed by atoms with Gasteiger partial charge in [0.15, 0.2) is 0 Å². The normalized spacial score (nSPS) is 11.5. The number of para-hydroxylation sites is 1. The Hall–Kier alpha value is -1.80. The second-order valence-corrected chi connectivity index (χ2v) is 7.10. The van der Waals surface area contributed by atoms with Crippen molar-refractivity contribution in [2.45, 2.75) is 22.5 Å². The molecule has 0 unspecified atom stereocenters. The van der Waals surface area contributed by atoms with E-state index in [0.717, 1.165) is 0 Å². The van der Waals surface area contributed by atoms with Crippen LogP contribution in [0.1, 0.15) is 6.92 Å². The van der Waals surface area contributed by atoms with E-state index in [1.807, 2.05) is 6.92 Å². The van der Waals surface area contributed by atoms with Crippen molar-refractivity contribution in [1.29, 1.82) is 0 Å². The van der Waals surface area contributed by atoms with Crippen molar-refractivity contribution in [2.75, 3.05) is 11.3 Å². The van der Waals surface area contributed by atoms with Gasteiger partial charge in [-0.05, 0) is 43.3 Å². The number of thioether (sulfide) groups is 1. The lowest BCUT2D eigenvalue weighted by molar-refractivity contribution is 0.252. The number of sulfonamides is 1. The molecular formula is C15H15F2NO3S2. The molecule has 0 bridgehead atoms. The summed E-state index contributed by atoms with van der Waals surface area (Å²) in [4.78, 5) is 0.190. The van der Waals surface area contributed by atoms with E-state index in [1.54, 1.807) is 12.1 Å². The molecule has 0 radical (unpaired) electrons. The second kappa shape index (κ2) is 7.65. The van der Waals surface area contributed by atoms with Crippen LogP contribution in [0.2, 0.25) is 0 Å². The highest BCUT2D eigenvalue weighted by Crippen LogP contribution is 2.33. The number of alkyl halides is 2. The van der Waals surface area contributed by atoms with E-state index in [9.17, 15) is 17.2 Å². The van der Waals surface area contributed by atoms with Gasteiger partial charge >= 0.3 is 0 Å². The van der Waals surface area contributed by atoms with Crippen LogP contribution in [-0.2, 0) is 10.0 Å². The SMILES string of the molecule is CCOc1ccc(S(=O)(=O)Nc2ccccc2SC(F)F)cc1. The predicted octanol–water partition coefficient (Wildman–Crippen LogP) is 4.20. The van der Waals surface area contributed by atoms with Crippen LogP contribution in [0.15, 0.2) is 58.3 Å². The summed E-state index contributed by atoms with van der Waals surface area (Å²) in [6.45, 7) is 2.30. The van der Waals surface area contributed by atoms with E-state index in [1.165, 1.54) is 36.4 Å². The average molecular weight is 359 g/mol. The van der Waals surface area contributed by atoms with Gasteiger partial charge in [-0.3, -0.25) is 4.72 Å². The molecule has 0 heterocycles. The van der Waals surface area contributed by atoms with E-state index in [-0.39, 0.29) is 27.2 Å². The third-order valence-corrected chi connectivity index (χ3v) is 4.96. The maximum atomic E-state index is 12.5. The van der Waals surface area contributed by atoms with E-state index >= 15 is 0 Å². The fourth-order valence-electron chi connectivity index (χ4n) is 1.84. The molecule has 0 atom stereocenters. The summed E-state index contributed by atoms with van der Waals surface area (Å²) in [6.07, 6.45) is 0.